The van der Waals surface area contributed by atoms with Crippen LogP contribution in [0.5, 0.6) is 5.75 Å². The van der Waals surface area contributed by atoms with Crippen LogP contribution in [0.4, 0.5) is 5.69 Å². The van der Waals surface area contributed by atoms with Gasteiger partial charge in [-0.2, -0.15) is 0 Å². The minimum Gasteiger partial charge on any atom is -0.485 e. The van der Waals surface area contributed by atoms with Gasteiger partial charge in [0.25, 0.3) is 0 Å². The van der Waals surface area contributed by atoms with Crippen molar-refractivity contribution in [1.29, 1.82) is 0 Å². The predicted octanol–water partition coefficient (Wildman–Crippen LogP) is 4.59. The lowest BCUT2D eigenvalue weighted by molar-refractivity contribution is -0.118. The largest absolute Gasteiger partial charge is 0.485 e. The maximum absolute atomic E-state index is 12.7. The molecule has 3 rings (SSSR count). The number of nitrogens with one attached hydrogen (secondary N) is 1. The zero-order valence-corrected chi connectivity index (χ0v) is 16.1. The molecule has 1 saturated heterocycles. The first kappa shape index (κ1) is 18.9. The van der Waals surface area contributed by atoms with Crippen LogP contribution in [-0.2, 0) is 4.79 Å². The number of ether oxygens (including phenoxy) is 1. The average molecular weight is 372 g/mol. The quantitative estimate of drug-likeness (QED) is 0.774. The number of carbonyl (C=O) groups is 1. The van der Waals surface area contributed by atoms with E-state index in [2.05, 4.69) is 30.6 Å². The number of amides is 1. The number of anilines is 1. The van der Waals surface area contributed by atoms with Crippen molar-refractivity contribution >= 4 is 22.9 Å². The molecule has 26 heavy (non-hydrogen) atoms. The van der Waals surface area contributed by atoms with Crippen molar-refractivity contribution < 1.29 is 9.53 Å². The van der Waals surface area contributed by atoms with Crippen LogP contribution in [0.15, 0.2) is 41.8 Å². The van der Waals surface area contributed by atoms with Gasteiger partial charge in [0.2, 0.25) is 5.91 Å². The second kappa shape index (κ2) is 9.19. The summed E-state index contributed by atoms with van der Waals surface area (Å²) < 4.78 is 6.16. The molecule has 1 amide bonds. The lowest BCUT2D eigenvalue weighted by Gasteiger charge is -2.23. The third-order valence-corrected chi connectivity index (χ3v) is 5.64. The Balaban J connectivity index is 1.73. The van der Waals surface area contributed by atoms with Crippen LogP contribution in [0.2, 0.25) is 0 Å². The fourth-order valence-corrected chi connectivity index (χ4v) is 4.19. The molecule has 0 bridgehead atoms. The van der Waals surface area contributed by atoms with E-state index in [9.17, 15) is 4.79 Å². The third-order valence-electron chi connectivity index (χ3n) is 4.68. The second-order valence-corrected chi connectivity index (χ2v) is 7.53. The van der Waals surface area contributed by atoms with Crippen LogP contribution in [0.1, 0.15) is 43.6 Å². The van der Waals surface area contributed by atoms with Crippen molar-refractivity contribution in [2.75, 3.05) is 18.0 Å². The maximum Gasteiger partial charge on any atom is 0.228 e. The predicted molar refractivity (Wildman–Crippen MR) is 108 cm³/mol. The standard InChI is InChI=1S/C21H27N2O2S/c1-3-19(20-11-7-13-26-20)25-18-10-5-9-17(15-18)23-12-6-8-16(22-4-2)14-21(23)24/h5,7,9-11,13,15-16,19,22H,1,3-4,6,8,12,14H2,2H3/t16?,19-/m0/s1. The summed E-state index contributed by atoms with van der Waals surface area (Å²) in [5.41, 5.74) is 0.915. The van der Waals surface area contributed by atoms with Crippen molar-refractivity contribution in [1.82, 2.24) is 5.32 Å². The lowest BCUT2D eigenvalue weighted by Crippen LogP contribution is -2.34. The number of hydrogen-bond acceptors (Lipinski definition) is 4. The topological polar surface area (TPSA) is 41.6 Å². The zero-order chi connectivity index (χ0) is 18.4. The van der Waals surface area contributed by atoms with Crippen molar-refractivity contribution in [2.45, 2.75) is 44.8 Å². The van der Waals surface area contributed by atoms with E-state index in [0.717, 1.165) is 37.4 Å². The molecular formula is C21H27N2O2S. The summed E-state index contributed by atoms with van der Waals surface area (Å²) in [4.78, 5) is 15.8. The highest BCUT2D eigenvalue weighted by atomic mass is 32.1. The van der Waals surface area contributed by atoms with Gasteiger partial charge in [-0.15, -0.1) is 11.3 Å². The summed E-state index contributed by atoms with van der Waals surface area (Å²) >= 11 is 1.68. The fourth-order valence-electron chi connectivity index (χ4n) is 3.40. The van der Waals surface area contributed by atoms with Gasteiger partial charge in [0.1, 0.15) is 11.9 Å². The molecule has 1 radical (unpaired) electrons. The first-order chi connectivity index (χ1) is 12.7. The number of thiophene rings is 1. The smallest absolute Gasteiger partial charge is 0.228 e. The van der Waals surface area contributed by atoms with Gasteiger partial charge in [-0.3, -0.25) is 4.79 Å². The Morgan fingerprint density at radius 2 is 2.27 bits per heavy atom. The average Bonchev–Trinajstić information content (AvgIpc) is 3.11. The molecule has 1 aliphatic heterocycles. The molecule has 1 aromatic carbocycles. The van der Waals surface area contributed by atoms with E-state index in [1.807, 2.05) is 35.2 Å². The van der Waals surface area contributed by atoms with Crippen molar-refractivity contribution in [3.63, 3.8) is 0 Å². The molecule has 1 aliphatic rings. The SMILES string of the molecule is [CH2]C[C@H](Oc1cccc(N2CCCC(NCC)CC2=O)c1)c1cccs1. The molecule has 0 saturated carbocycles. The van der Waals surface area contributed by atoms with Crippen LogP contribution in [0, 0.1) is 6.92 Å². The first-order valence-corrected chi connectivity index (χ1v) is 10.2. The minimum absolute atomic E-state index is 0.0526. The summed E-state index contributed by atoms with van der Waals surface area (Å²) in [6.45, 7) is 7.75. The van der Waals surface area contributed by atoms with Crippen LogP contribution >= 0.6 is 11.3 Å². The Labute approximate surface area is 160 Å². The highest BCUT2D eigenvalue weighted by molar-refractivity contribution is 7.10. The molecule has 1 fully saturated rings. The van der Waals surface area contributed by atoms with Crippen LogP contribution in [-0.4, -0.2) is 25.0 Å². The fraction of sp³-hybridized carbons (Fsp3) is 0.429. The zero-order valence-electron chi connectivity index (χ0n) is 15.3. The number of nitrogens with zero attached hydrogens (tertiary/aromatic N) is 1. The summed E-state index contributed by atoms with van der Waals surface area (Å²) in [5, 5.41) is 5.46. The van der Waals surface area contributed by atoms with Gasteiger partial charge in [-0.1, -0.05) is 19.1 Å². The highest BCUT2D eigenvalue weighted by Gasteiger charge is 2.24. The van der Waals surface area contributed by atoms with E-state index in [0.29, 0.717) is 12.8 Å². The Hall–Kier alpha value is -1.85. The molecule has 1 unspecified atom stereocenters. The summed E-state index contributed by atoms with van der Waals surface area (Å²) in [6.07, 6.45) is 3.20. The number of benzene rings is 1. The minimum atomic E-state index is -0.0526. The van der Waals surface area contributed by atoms with Gasteiger partial charge in [0.15, 0.2) is 0 Å². The van der Waals surface area contributed by atoms with Crippen molar-refractivity contribution in [3.8, 4) is 5.75 Å². The summed E-state index contributed by atoms with van der Waals surface area (Å²) in [5.74, 6) is 0.961. The Morgan fingerprint density at radius 3 is 3.00 bits per heavy atom. The molecule has 5 heteroatoms. The highest BCUT2D eigenvalue weighted by Crippen LogP contribution is 2.30. The Kier molecular flexibility index (Phi) is 6.69. The van der Waals surface area contributed by atoms with Gasteiger partial charge in [-0.25, -0.2) is 0 Å². The van der Waals surface area contributed by atoms with Gasteiger partial charge >= 0.3 is 0 Å². The molecule has 139 valence electrons. The normalized spacial score (nSPS) is 19.2. The molecule has 2 aromatic rings. The molecule has 4 nitrogen and oxygen atoms in total. The molecule has 0 spiro atoms. The molecule has 2 atom stereocenters. The van der Waals surface area contributed by atoms with E-state index >= 15 is 0 Å². The van der Waals surface area contributed by atoms with Crippen LogP contribution in [0.3, 0.4) is 0 Å². The van der Waals surface area contributed by atoms with E-state index in [4.69, 9.17) is 4.74 Å². The lowest BCUT2D eigenvalue weighted by atomic mass is 10.1. The van der Waals surface area contributed by atoms with E-state index in [-0.39, 0.29) is 18.1 Å². The second-order valence-electron chi connectivity index (χ2n) is 6.55. The van der Waals surface area contributed by atoms with Crippen molar-refractivity contribution in [3.05, 3.63) is 53.6 Å². The van der Waals surface area contributed by atoms with Gasteiger partial charge in [0.05, 0.1) is 0 Å². The number of carbonyl (C=O) groups excluding carboxylic acids is 1. The Bertz CT molecular complexity index is 702. The van der Waals surface area contributed by atoms with Gasteiger partial charge < -0.3 is 15.0 Å². The van der Waals surface area contributed by atoms with Gasteiger partial charge in [0, 0.05) is 35.6 Å². The summed E-state index contributed by atoms with van der Waals surface area (Å²) in [6, 6.07) is 12.3. The van der Waals surface area contributed by atoms with Crippen LogP contribution in [0.25, 0.3) is 0 Å². The molecule has 1 aromatic heterocycles. The number of hydrogen-bond donors (Lipinski definition) is 1. The maximum atomic E-state index is 12.7. The molecule has 0 aliphatic carbocycles. The van der Waals surface area contributed by atoms with Gasteiger partial charge in [-0.05, 0) is 56.3 Å². The van der Waals surface area contributed by atoms with Crippen LogP contribution < -0.4 is 15.0 Å². The number of rotatable bonds is 7. The summed E-state index contributed by atoms with van der Waals surface area (Å²) in [7, 11) is 0. The monoisotopic (exact) mass is 371 g/mol. The molecule has 1 N–H and O–H groups in total. The Morgan fingerprint density at radius 1 is 1.38 bits per heavy atom. The third kappa shape index (κ3) is 4.65. The van der Waals surface area contributed by atoms with E-state index in [1.54, 1.807) is 11.3 Å². The molecule has 2 heterocycles. The molecular weight excluding hydrogens is 344 g/mol. The first-order valence-electron chi connectivity index (χ1n) is 9.34. The van der Waals surface area contributed by atoms with Crippen molar-refractivity contribution in [2.24, 2.45) is 0 Å². The van der Waals surface area contributed by atoms with E-state index in [1.165, 1.54) is 4.88 Å². The van der Waals surface area contributed by atoms with E-state index < -0.39 is 0 Å².